The molecule has 1 aromatic rings. The van der Waals surface area contributed by atoms with Crippen LogP contribution in [0.5, 0.6) is 0 Å². The van der Waals surface area contributed by atoms with Crippen LogP contribution in [0, 0.1) is 0 Å². The Morgan fingerprint density at radius 1 is 1.42 bits per heavy atom. The molecule has 2 unspecified atom stereocenters. The van der Waals surface area contributed by atoms with E-state index in [4.69, 9.17) is 5.73 Å². The van der Waals surface area contributed by atoms with Gasteiger partial charge >= 0.3 is 0 Å². The second kappa shape index (κ2) is 6.06. The van der Waals surface area contributed by atoms with Crippen molar-refractivity contribution in [3.8, 4) is 0 Å². The number of benzene rings is 1. The maximum absolute atomic E-state index is 11.6. The van der Waals surface area contributed by atoms with Crippen molar-refractivity contribution in [3.63, 3.8) is 0 Å². The molecular formula is C15H23N3O. The van der Waals surface area contributed by atoms with Crippen LogP contribution in [-0.4, -0.2) is 31.1 Å². The highest BCUT2D eigenvalue weighted by Gasteiger charge is 2.23. The van der Waals surface area contributed by atoms with Crippen molar-refractivity contribution in [1.82, 2.24) is 5.32 Å². The Hall–Kier alpha value is -1.55. The van der Waals surface area contributed by atoms with E-state index in [0.717, 1.165) is 13.0 Å². The predicted molar refractivity (Wildman–Crippen MR) is 78.2 cm³/mol. The largest absolute Gasteiger partial charge is 0.366 e. The lowest BCUT2D eigenvalue weighted by Crippen LogP contribution is -2.42. The van der Waals surface area contributed by atoms with Gasteiger partial charge in [0.1, 0.15) is 0 Å². The number of hydrogen-bond donors (Lipinski definition) is 2. The van der Waals surface area contributed by atoms with Crippen LogP contribution in [0.1, 0.15) is 25.8 Å². The van der Waals surface area contributed by atoms with Gasteiger partial charge in [-0.2, -0.15) is 0 Å². The van der Waals surface area contributed by atoms with Gasteiger partial charge in [0.15, 0.2) is 0 Å². The van der Waals surface area contributed by atoms with Crippen LogP contribution in [0.3, 0.4) is 0 Å². The van der Waals surface area contributed by atoms with Gasteiger partial charge in [0.05, 0.1) is 0 Å². The SMILES string of the molecule is CC(N)CC(=O)NCC(C)N1CCc2ccccc21. The normalized spacial score (nSPS) is 16.9. The van der Waals surface area contributed by atoms with Crippen molar-refractivity contribution >= 4 is 11.6 Å². The monoisotopic (exact) mass is 261 g/mol. The summed E-state index contributed by atoms with van der Waals surface area (Å²) in [7, 11) is 0. The van der Waals surface area contributed by atoms with Gasteiger partial charge in [0.25, 0.3) is 0 Å². The number of nitrogens with zero attached hydrogens (tertiary/aromatic N) is 1. The van der Waals surface area contributed by atoms with Crippen LogP contribution in [0.25, 0.3) is 0 Å². The fourth-order valence-electron chi connectivity index (χ4n) is 2.56. The highest BCUT2D eigenvalue weighted by Crippen LogP contribution is 2.28. The number of rotatable bonds is 5. The van der Waals surface area contributed by atoms with E-state index in [0.29, 0.717) is 19.0 Å². The van der Waals surface area contributed by atoms with Crippen LogP contribution in [-0.2, 0) is 11.2 Å². The van der Waals surface area contributed by atoms with E-state index >= 15 is 0 Å². The average Bonchev–Trinajstić information content (AvgIpc) is 2.79. The van der Waals surface area contributed by atoms with E-state index in [-0.39, 0.29) is 11.9 Å². The molecule has 0 aromatic heterocycles. The molecule has 0 bridgehead atoms. The molecule has 2 rings (SSSR count). The minimum Gasteiger partial charge on any atom is -0.366 e. The minimum atomic E-state index is -0.0807. The molecule has 1 aliphatic heterocycles. The standard InChI is InChI=1S/C15H23N3O/c1-11(16)9-15(19)17-10-12(2)18-8-7-13-5-3-4-6-14(13)18/h3-6,11-12H,7-10,16H2,1-2H3,(H,17,19). The summed E-state index contributed by atoms with van der Waals surface area (Å²) >= 11 is 0. The van der Waals surface area contributed by atoms with Gasteiger partial charge in [0, 0.05) is 37.3 Å². The Morgan fingerprint density at radius 2 is 2.16 bits per heavy atom. The molecule has 1 amide bonds. The van der Waals surface area contributed by atoms with Crippen LogP contribution in [0.15, 0.2) is 24.3 Å². The molecule has 0 saturated heterocycles. The zero-order valence-corrected chi connectivity index (χ0v) is 11.7. The van der Waals surface area contributed by atoms with Crippen molar-refractivity contribution in [1.29, 1.82) is 0 Å². The van der Waals surface area contributed by atoms with Crippen LogP contribution >= 0.6 is 0 Å². The van der Waals surface area contributed by atoms with Crippen molar-refractivity contribution < 1.29 is 4.79 Å². The summed E-state index contributed by atoms with van der Waals surface area (Å²) < 4.78 is 0. The van der Waals surface area contributed by atoms with Gasteiger partial charge in [-0.05, 0) is 31.9 Å². The molecule has 0 radical (unpaired) electrons. The van der Waals surface area contributed by atoms with Crippen LogP contribution in [0.4, 0.5) is 5.69 Å². The van der Waals surface area contributed by atoms with E-state index < -0.39 is 0 Å². The molecule has 3 N–H and O–H groups in total. The Labute approximate surface area is 115 Å². The topological polar surface area (TPSA) is 58.4 Å². The van der Waals surface area contributed by atoms with Gasteiger partial charge < -0.3 is 16.0 Å². The average molecular weight is 261 g/mol. The highest BCUT2D eigenvalue weighted by atomic mass is 16.1. The van der Waals surface area contributed by atoms with E-state index in [1.54, 1.807) is 0 Å². The predicted octanol–water partition coefficient (Wildman–Crippen LogP) is 1.29. The smallest absolute Gasteiger partial charge is 0.221 e. The maximum atomic E-state index is 11.6. The van der Waals surface area contributed by atoms with Crippen molar-refractivity contribution in [2.45, 2.75) is 38.8 Å². The van der Waals surface area contributed by atoms with E-state index in [1.807, 2.05) is 6.92 Å². The second-order valence-corrected chi connectivity index (χ2v) is 5.41. The summed E-state index contributed by atoms with van der Waals surface area (Å²) in [6, 6.07) is 8.71. The number of amides is 1. The number of anilines is 1. The quantitative estimate of drug-likeness (QED) is 0.839. The molecule has 0 spiro atoms. The van der Waals surface area contributed by atoms with E-state index in [1.165, 1.54) is 11.3 Å². The van der Waals surface area contributed by atoms with Crippen molar-refractivity contribution in [3.05, 3.63) is 29.8 Å². The van der Waals surface area contributed by atoms with E-state index in [9.17, 15) is 4.79 Å². The van der Waals surface area contributed by atoms with Gasteiger partial charge in [-0.3, -0.25) is 4.79 Å². The summed E-state index contributed by atoms with van der Waals surface area (Å²) in [5.41, 5.74) is 8.32. The summed E-state index contributed by atoms with van der Waals surface area (Å²) in [4.78, 5) is 14.0. The first-order valence-electron chi connectivity index (χ1n) is 6.94. The molecule has 0 saturated carbocycles. The number of para-hydroxylation sites is 1. The zero-order valence-electron chi connectivity index (χ0n) is 11.7. The lowest BCUT2D eigenvalue weighted by molar-refractivity contribution is -0.121. The number of carbonyl (C=O) groups excluding carboxylic acids is 1. The Morgan fingerprint density at radius 3 is 2.89 bits per heavy atom. The Kier molecular flexibility index (Phi) is 4.43. The van der Waals surface area contributed by atoms with Gasteiger partial charge in [-0.15, -0.1) is 0 Å². The number of nitrogens with one attached hydrogen (secondary N) is 1. The van der Waals surface area contributed by atoms with E-state index in [2.05, 4.69) is 41.4 Å². The molecule has 104 valence electrons. The molecule has 4 nitrogen and oxygen atoms in total. The molecule has 1 aromatic carbocycles. The minimum absolute atomic E-state index is 0.0364. The number of nitrogens with two attached hydrogens (primary N) is 1. The van der Waals surface area contributed by atoms with Gasteiger partial charge in [0.2, 0.25) is 5.91 Å². The fraction of sp³-hybridized carbons (Fsp3) is 0.533. The number of hydrogen-bond acceptors (Lipinski definition) is 3. The van der Waals surface area contributed by atoms with Crippen LogP contribution in [0.2, 0.25) is 0 Å². The molecule has 2 atom stereocenters. The lowest BCUT2D eigenvalue weighted by atomic mass is 10.1. The molecule has 4 heteroatoms. The molecular weight excluding hydrogens is 238 g/mol. The van der Waals surface area contributed by atoms with Crippen molar-refractivity contribution in [2.24, 2.45) is 5.73 Å². The third-order valence-corrected chi connectivity index (χ3v) is 3.56. The van der Waals surface area contributed by atoms with Crippen molar-refractivity contribution in [2.75, 3.05) is 18.0 Å². The summed E-state index contributed by atoms with van der Waals surface area (Å²) in [6.07, 6.45) is 1.48. The molecule has 0 fully saturated rings. The van der Waals surface area contributed by atoms with Crippen LogP contribution < -0.4 is 16.0 Å². The fourth-order valence-corrected chi connectivity index (χ4v) is 2.56. The Balaban J connectivity index is 1.88. The molecule has 19 heavy (non-hydrogen) atoms. The van der Waals surface area contributed by atoms with Gasteiger partial charge in [-0.1, -0.05) is 18.2 Å². The first kappa shape index (κ1) is 13.9. The third kappa shape index (κ3) is 3.47. The molecule has 1 aliphatic rings. The highest BCUT2D eigenvalue weighted by molar-refractivity contribution is 5.76. The summed E-state index contributed by atoms with van der Waals surface area (Å²) in [5.74, 6) is 0.0364. The first-order valence-corrected chi connectivity index (χ1v) is 6.94. The number of fused-ring (bicyclic) bond motifs is 1. The first-order chi connectivity index (χ1) is 9.08. The Bertz CT molecular complexity index is 445. The second-order valence-electron chi connectivity index (χ2n) is 5.41. The van der Waals surface area contributed by atoms with Gasteiger partial charge in [-0.25, -0.2) is 0 Å². The zero-order chi connectivity index (χ0) is 13.8. The summed E-state index contributed by atoms with van der Waals surface area (Å²) in [6.45, 7) is 5.69. The lowest BCUT2D eigenvalue weighted by Gasteiger charge is -2.27. The maximum Gasteiger partial charge on any atom is 0.221 e. The molecule has 0 aliphatic carbocycles. The summed E-state index contributed by atoms with van der Waals surface area (Å²) in [5, 5.41) is 2.96. The number of carbonyl (C=O) groups is 1. The third-order valence-electron chi connectivity index (χ3n) is 3.56. The molecule has 1 heterocycles.